The maximum absolute atomic E-state index is 8.66. The fourth-order valence-corrected chi connectivity index (χ4v) is 2.68. The molecule has 0 fully saturated rings. The normalized spacial score (nSPS) is 9.94. The number of rotatable bonds is 3. The maximum atomic E-state index is 8.66. The Kier molecular flexibility index (Phi) is 3.39. The van der Waals surface area contributed by atoms with Gasteiger partial charge in [0.1, 0.15) is 6.33 Å². The van der Waals surface area contributed by atoms with Gasteiger partial charge in [-0.3, -0.25) is 0 Å². The van der Waals surface area contributed by atoms with Crippen molar-refractivity contribution in [1.29, 1.82) is 5.26 Å². The summed E-state index contributed by atoms with van der Waals surface area (Å²) in [5, 5.41) is 8.66. The van der Waals surface area contributed by atoms with Gasteiger partial charge in [0, 0.05) is 10.6 Å². The quantitative estimate of drug-likeness (QED) is 0.844. The lowest BCUT2D eigenvalue weighted by Crippen LogP contribution is -1.93. The zero-order valence-electron chi connectivity index (χ0n) is 8.25. The van der Waals surface area contributed by atoms with Crippen molar-refractivity contribution in [2.24, 2.45) is 0 Å². The Hall–Kier alpha value is -1.58. The van der Waals surface area contributed by atoms with E-state index >= 15 is 0 Å². The Morgan fingerprint density at radius 3 is 3.06 bits per heavy atom. The number of hydrogen-bond donors (Lipinski definition) is 1. The van der Waals surface area contributed by atoms with Crippen molar-refractivity contribution >= 4 is 29.0 Å². The summed E-state index contributed by atoms with van der Waals surface area (Å²) >= 11 is 2.87. The highest BCUT2D eigenvalue weighted by Gasteiger charge is 2.04. The largest absolute Gasteiger partial charge is 0.398 e. The van der Waals surface area contributed by atoms with Crippen LogP contribution in [0.3, 0.4) is 0 Å². The molecule has 4 nitrogen and oxygen atoms in total. The van der Waals surface area contributed by atoms with Gasteiger partial charge in [0.05, 0.1) is 12.5 Å². The first-order valence-electron chi connectivity index (χ1n) is 4.49. The van der Waals surface area contributed by atoms with Gasteiger partial charge in [-0.25, -0.2) is 4.98 Å². The van der Waals surface area contributed by atoms with Crippen molar-refractivity contribution < 1.29 is 0 Å². The molecular formula is C10H8N4S2. The van der Waals surface area contributed by atoms with Gasteiger partial charge in [-0.15, -0.1) is 0 Å². The molecule has 2 aromatic rings. The second-order valence-electron chi connectivity index (χ2n) is 3.00. The van der Waals surface area contributed by atoms with Crippen molar-refractivity contribution in [3.8, 4) is 6.07 Å². The van der Waals surface area contributed by atoms with Gasteiger partial charge >= 0.3 is 0 Å². The zero-order chi connectivity index (χ0) is 11.4. The summed E-state index contributed by atoms with van der Waals surface area (Å²) in [7, 11) is 0. The number of nitrogen functional groups attached to an aromatic ring is 1. The molecule has 80 valence electrons. The highest BCUT2D eigenvalue weighted by Crippen LogP contribution is 2.30. The topological polar surface area (TPSA) is 75.6 Å². The van der Waals surface area contributed by atoms with E-state index in [0.717, 1.165) is 14.8 Å². The average molecular weight is 248 g/mol. The van der Waals surface area contributed by atoms with Crippen LogP contribution in [0.5, 0.6) is 0 Å². The molecule has 0 radical (unpaired) electrons. The molecule has 0 spiro atoms. The Bertz CT molecular complexity index is 516. The van der Waals surface area contributed by atoms with E-state index < -0.39 is 0 Å². The smallest absolute Gasteiger partial charge is 0.174 e. The molecule has 0 bridgehead atoms. The van der Waals surface area contributed by atoms with Crippen LogP contribution in [0.2, 0.25) is 0 Å². The van der Waals surface area contributed by atoms with E-state index in [-0.39, 0.29) is 0 Å². The lowest BCUT2D eigenvalue weighted by molar-refractivity contribution is 1.20. The van der Waals surface area contributed by atoms with E-state index in [1.54, 1.807) is 0 Å². The summed E-state index contributed by atoms with van der Waals surface area (Å²) < 4.78 is 4.81. The van der Waals surface area contributed by atoms with Crippen molar-refractivity contribution in [2.75, 3.05) is 5.73 Å². The van der Waals surface area contributed by atoms with Gasteiger partial charge in [-0.05, 0) is 35.3 Å². The van der Waals surface area contributed by atoms with Crippen molar-refractivity contribution in [3.63, 3.8) is 0 Å². The third-order valence-electron chi connectivity index (χ3n) is 1.93. The molecule has 1 aromatic heterocycles. The fraction of sp³-hybridized carbons (Fsp3) is 0.100. The first kappa shape index (κ1) is 10.9. The van der Waals surface area contributed by atoms with E-state index in [9.17, 15) is 0 Å². The van der Waals surface area contributed by atoms with Crippen LogP contribution in [-0.4, -0.2) is 9.36 Å². The minimum Gasteiger partial charge on any atom is -0.398 e. The van der Waals surface area contributed by atoms with E-state index in [0.29, 0.717) is 12.1 Å². The molecule has 2 rings (SSSR count). The van der Waals surface area contributed by atoms with Crippen LogP contribution >= 0.6 is 23.3 Å². The number of nitriles is 1. The number of nitrogens with zero attached hydrogens (tertiary/aromatic N) is 3. The molecule has 0 aliphatic rings. The molecule has 2 N–H and O–H groups in total. The van der Waals surface area contributed by atoms with E-state index in [2.05, 4.69) is 15.4 Å². The summed E-state index contributed by atoms with van der Waals surface area (Å²) in [4.78, 5) is 5.11. The molecule has 0 saturated heterocycles. The minimum atomic E-state index is 0.330. The minimum absolute atomic E-state index is 0.330. The van der Waals surface area contributed by atoms with Crippen LogP contribution in [0.25, 0.3) is 0 Å². The second kappa shape index (κ2) is 4.96. The lowest BCUT2D eigenvalue weighted by atomic mass is 10.1. The SMILES string of the molecule is N#CCc1cc(Sc2ncns2)ccc1N. The molecule has 0 unspecified atom stereocenters. The molecule has 0 saturated carbocycles. The van der Waals surface area contributed by atoms with Crippen molar-refractivity contribution in [3.05, 3.63) is 30.1 Å². The number of nitrogens with two attached hydrogens (primary N) is 1. The second-order valence-corrected chi connectivity index (χ2v) is 5.11. The molecular weight excluding hydrogens is 240 g/mol. The fourth-order valence-electron chi connectivity index (χ4n) is 1.19. The molecule has 0 atom stereocenters. The molecule has 0 aliphatic heterocycles. The molecule has 1 heterocycles. The zero-order valence-corrected chi connectivity index (χ0v) is 9.88. The first-order chi connectivity index (χ1) is 7.79. The highest BCUT2D eigenvalue weighted by atomic mass is 32.2. The number of benzene rings is 1. The van der Waals surface area contributed by atoms with Crippen LogP contribution in [0.15, 0.2) is 33.8 Å². The van der Waals surface area contributed by atoms with Gasteiger partial charge < -0.3 is 5.73 Å². The van der Waals surface area contributed by atoms with E-state index in [1.165, 1.54) is 29.6 Å². The summed E-state index contributed by atoms with van der Waals surface area (Å²) in [6, 6.07) is 7.75. The Morgan fingerprint density at radius 1 is 1.50 bits per heavy atom. The molecule has 6 heteroatoms. The van der Waals surface area contributed by atoms with Crippen LogP contribution in [-0.2, 0) is 6.42 Å². The van der Waals surface area contributed by atoms with Crippen LogP contribution in [0, 0.1) is 11.3 Å². The number of anilines is 1. The Morgan fingerprint density at radius 2 is 2.38 bits per heavy atom. The van der Waals surface area contributed by atoms with Crippen LogP contribution in [0.4, 0.5) is 5.69 Å². The van der Waals surface area contributed by atoms with Crippen molar-refractivity contribution in [2.45, 2.75) is 15.7 Å². The third kappa shape index (κ3) is 2.51. The highest BCUT2D eigenvalue weighted by molar-refractivity contribution is 8.01. The maximum Gasteiger partial charge on any atom is 0.174 e. The van der Waals surface area contributed by atoms with Gasteiger partial charge in [-0.2, -0.15) is 9.64 Å². The predicted octanol–water partition coefficient (Wildman–Crippen LogP) is 2.34. The van der Waals surface area contributed by atoms with Gasteiger partial charge in [0.15, 0.2) is 4.34 Å². The molecule has 16 heavy (non-hydrogen) atoms. The summed E-state index contributed by atoms with van der Waals surface area (Å²) in [6.07, 6.45) is 1.86. The molecule has 0 amide bonds. The Labute approximate surface area is 101 Å². The lowest BCUT2D eigenvalue weighted by Gasteiger charge is -2.03. The van der Waals surface area contributed by atoms with Crippen LogP contribution < -0.4 is 5.73 Å². The third-order valence-corrected chi connectivity index (χ3v) is 3.63. The number of hydrogen-bond acceptors (Lipinski definition) is 6. The Balaban J connectivity index is 2.23. The summed E-state index contributed by atoms with van der Waals surface area (Å²) in [6.45, 7) is 0. The van der Waals surface area contributed by atoms with Crippen molar-refractivity contribution in [1.82, 2.24) is 9.36 Å². The average Bonchev–Trinajstić information content (AvgIpc) is 2.76. The van der Waals surface area contributed by atoms with Crippen LogP contribution in [0.1, 0.15) is 5.56 Å². The van der Waals surface area contributed by atoms with Gasteiger partial charge in [-0.1, -0.05) is 11.8 Å². The molecule has 0 aliphatic carbocycles. The van der Waals surface area contributed by atoms with Gasteiger partial charge in [0.25, 0.3) is 0 Å². The summed E-state index contributed by atoms with van der Waals surface area (Å²) in [5.74, 6) is 0. The molecule has 1 aromatic carbocycles. The van der Waals surface area contributed by atoms with E-state index in [1.807, 2.05) is 18.2 Å². The summed E-state index contributed by atoms with van der Waals surface area (Å²) in [5.41, 5.74) is 7.28. The first-order valence-corrected chi connectivity index (χ1v) is 6.08. The van der Waals surface area contributed by atoms with Gasteiger partial charge in [0.2, 0.25) is 0 Å². The monoisotopic (exact) mass is 248 g/mol. The standard InChI is InChI=1S/C10H8N4S2/c11-4-3-7-5-8(1-2-9(7)12)15-10-13-6-14-16-10/h1-2,5-6H,3,12H2. The van der Waals surface area contributed by atoms with E-state index in [4.69, 9.17) is 11.0 Å². The predicted molar refractivity (Wildman–Crippen MR) is 64.2 cm³/mol. The number of aromatic nitrogens is 2.